The van der Waals surface area contributed by atoms with Gasteiger partial charge in [0, 0.05) is 6.42 Å². The molecule has 2 rings (SSSR count). The Morgan fingerprint density at radius 1 is 1.21 bits per heavy atom. The highest BCUT2D eigenvalue weighted by Gasteiger charge is 2.19. The number of carbonyl (C=O) groups is 3. The lowest BCUT2D eigenvalue weighted by Crippen LogP contribution is -2.14. The van der Waals surface area contributed by atoms with Crippen LogP contribution in [0.2, 0.25) is 0 Å². The summed E-state index contributed by atoms with van der Waals surface area (Å²) in [5.41, 5.74) is 0.0224. The van der Waals surface area contributed by atoms with Crippen LogP contribution in [0.1, 0.15) is 46.0 Å². The van der Waals surface area contributed by atoms with Gasteiger partial charge in [0.15, 0.2) is 16.6 Å². The number of carboxylic acids is 1. The first-order valence-corrected chi connectivity index (χ1v) is 9.02. The zero-order valence-corrected chi connectivity index (χ0v) is 16.2. The second-order valence-electron chi connectivity index (χ2n) is 5.62. The SMILES string of the molecule is CCC(=O)c1sc(NC(=O)/C(N=Nc2ccccc2C(=O)O)=C(/C)O)nc1C. The van der Waals surface area contributed by atoms with E-state index in [0.29, 0.717) is 17.0 Å². The third kappa shape index (κ3) is 4.86. The number of allylic oxidation sites excluding steroid dienone is 1. The predicted octanol–water partition coefficient (Wildman–Crippen LogP) is 4.25. The fourth-order valence-electron chi connectivity index (χ4n) is 2.15. The lowest BCUT2D eigenvalue weighted by molar-refractivity contribution is -0.113. The Morgan fingerprint density at radius 2 is 1.89 bits per heavy atom. The number of benzene rings is 1. The summed E-state index contributed by atoms with van der Waals surface area (Å²) in [4.78, 5) is 40.1. The molecule has 0 bridgehead atoms. The van der Waals surface area contributed by atoms with E-state index < -0.39 is 23.3 Å². The minimum atomic E-state index is -1.20. The number of rotatable bonds is 7. The number of nitrogens with zero attached hydrogens (tertiary/aromatic N) is 3. The molecule has 1 aromatic carbocycles. The van der Waals surface area contributed by atoms with E-state index in [0.717, 1.165) is 11.3 Å². The average Bonchev–Trinajstić information content (AvgIpc) is 3.01. The molecule has 0 atom stereocenters. The van der Waals surface area contributed by atoms with Crippen molar-refractivity contribution >= 4 is 39.8 Å². The predicted molar refractivity (Wildman–Crippen MR) is 103 cm³/mol. The molecular formula is C18H18N4O5S. The van der Waals surface area contributed by atoms with Crippen LogP contribution >= 0.6 is 11.3 Å². The molecule has 28 heavy (non-hydrogen) atoms. The number of azo groups is 1. The van der Waals surface area contributed by atoms with Gasteiger partial charge in [0.2, 0.25) is 0 Å². The third-order valence-corrected chi connectivity index (χ3v) is 4.66. The van der Waals surface area contributed by atoms with Gasteiger partial charge in [0.1, 0.15) is 11.4 Å². The fraction of sp³-hybridized carbons (Fsp3) is 0.222. The molecule has 1 heterocycles. The quantitative estimate of drug-likeness (QED) is 0.273. The maximum atomic E-state index is 12.4. The van der Waals surface area contributed by atoms with Crippen molar-refractivity contribution < 1.29 is 24.6 Å². The lowest BCUT2D eigenvalue weighted by atomic mass is 10.2. The largest absolute Gasteiger partial charge is 0.510 e. The van der Waals surface area contributed by atoms with E-state index in [4.69, 9.17) is 5.11 Å². The van der Waals surface area contributed by atoms with Crippen LogP contribution in [0.5, 0.6) is 0 Å². The molecule has 0 saturated heterocycles. The first kappa shape index (κ1) is 20.9. The fourth-order valence-corrected chi connectivity index (χ4v) is 3.12. The molecule has 3 N–H and O–H groups in total. The number of carboxylic acid groups (broad SMARTS) is 1. The molecule has 2 aromatic rings. The summed E-state index contributed by atoms with van der Waals surface area (Å²) in [7, 11) is 0. The van der Waals surface area contributed by atoms with Crippen LogP contribution in [0, 0.1) is 6.92 Å². The van der Waals surface area contributed by atoms with Crippen molar-refractivity contribution in [3.63, 3.8) is 0 Å². The van der Waals surface area contributed by atoms with E-state index >= 15 is 0 Å². The van der Waals surface area contributed by atoms with Crippen LogP contribution < -0.4 is 5.32 Å². The van der Waals surface area contributed by atoms with Crippen LogP contribution in [-0.4, -0.2) is 32.9 Å². The van der Waals surface area contributed by atoms with Gasteiger partial charge in [0.05, 0.1) is 16.1 Å². The highest BCUT2D eigenvalue weighted by Crippen LogP contribution is 2.25. The first-order valence-electron chi connectivity index (χ1n) is 8.20. The van der Waals surface area contributed by atoms with Gasteiger partial charge < -0.3 is 10.2 Å². The van der Waals surface area contributed by atoms with Gasteiger partial charge in [-0.05, 0) is 26.0 Å². The Bertz CT molecular complexity index is 990. The highest BCUT2D eigenvalue weighted by molar-refractivity contribution is 7.17. The number of aromatic nitrogens is 1. The zero-order valence-electron chi connectivity index (χ0n) is 15.4. The van der Waals surface area contributed by atoms with Crippen molar-refractivity contribution in [2.24, 2.45) is 10.2 Å². The summed E-state index contributed by atoms with van der Waals surface area (Å²) < 4.78 is 0. The smallest absolute Gasteiger partial charge is 0.337 e. The van der Waals surface area contributed by atoms with E-state index in [1.807, 2.05) is 0 Å². The number of anilines is 1. The van der Waals surface area contributed by atoms with Gasteiger partial charge in [0.25, 0.3) is 5.91 Å². The van der Waals surface area contributed by atoms with Gasteiger partial charge in [-0.2, -0.15) is 0 Å². The Morgan fingerprint density at radius 3 is 2.50 bits per heavy atom. The number of carbonyl (C=O) groups excluding carboxylic acids is 2. The number of nitrogens with one attached hydrogen (secondary N) is 1. The number of thiazole rings is 1. The lowest BCUT2D eigenvalue weighted by Gasteiger charge is -2.03. The number of hydrogen-bond acceptors (Lipinski definition) is 8. The number of aliphatic hydroxyl groups excluding tert-OH is 1. The molecular weight excluding hydrogens is 384 g/mol. The second kappa shape index (κ2) is 9.00. The van der Waals surface area contributed by atoms with E-state index in [2.05, 4.69) is 20.5 Å². The summed E-state index contributed by atoms with van der Waals surface area (Å²) >= 11 is 1.02. The summed E-state index contributed by atoms with van der Waals surface area (Å²) in [6, 6.07) is 5.86. The molecule has 0 fully saturated rings. The van der Waals surface area contributed by atoms with Gasteiger partial charge in [-0.1, -0.05) is 30.4 Å². The molecule has 0 aliphatic carbocycles. The van der Waals surface area contributed by atoms with E-state index in [9.17, 15) is 19.5 Å². The van der Waals surface area contributed by atoms with E-state index in [1.54, 1.807) is 19.9 Å². The summed E-state index contributed by atoms with van der Waals surface area (Å²) in [6.07, 6.45) is 0.314. The maximum absolute atomic E-state index is 12.4. The number of aliphatic hydroxyl groups is 1. The second-order valence-corrected chi connectivity index (χ2v) is 6.62. The van der Waals surface area contributed by atoms with E-state index in [1.165, 1.54) is 25.1 Å². The van der Waals surface area contributed by atoms with Crippen molar-refractivity contribution in [1.82, 2.24) is 4.98 Å². The molecule has 0 spiro atoms. The Kier molecular flexibility index (Phi) is 6.72. The number of hydrogen-bond donors (Lipinski definition) is 3. The molecule has 0 unspecified atom stereocenters. The summed E-state index contributed by atoms with van der Waals surface area (Å²) in [5, 5.41) is 29.1. The number of aromatic carboxylic acids is 1. The molecule has 146 valence electrons. The molecule has 0 aliphatic rings. The Hall–Kier alpha value is -3.40. The number of Topliss-reactive ketones (excluding diaryl/α,β-unsaturated/α-hetero) is 1. The Balaban J connectivity index is 2.26. The molecule has 1 aromatic heterocycles. The van der Waals surface area contributed by atoms with Gasteiger partial charge in [-0.25, -0.2) is 9.78 Å². The molecule has 10 heteroatoms. The van der Waals surface area contributed by atoms with Crippen molar-refractivity contribution in [3.05, 3.63) is 51.9 Å². The van der Waals surface area contributed by atoms with Gasteiger partial charge in [-0.3, -0.25) is 14.9 Å². The molecule has 9 nitrogen and oxygen atoms in total. The maximum Gasteiger partial charge on any atom is 0.337 e. The monoisotopic (exact) mass is 402 g/mol. The molecule has 1 amide bonds. The van der Waals surface area contributed by atoms with Crippen LogP contribution in [0.15, 0.2) is 46.0 Å². The van der Waals surface area contributed by atoms with Gasteiger partial charge in [-0.15, -0.1) is 10.2 Å². The molecule has 0 aliphatic heterocycles. The minimum absolute atomic E-state index is 0.0301. The standard InChI is InChI=1S/C18H18N4O5S/c1-4-13(24)15-9(2)19-18(28-15)20-16(25)14(10(3)23)22-21-12-8-6-5-7-11(12)17(26)27/h5-8,23H,4H2,1-3H3,(H,26,27)(H,19,20,25)/b14-10+,22-21?. The third-order valence-electron chi connectivity index (χ3n) is 3.54. The minimum Gasteiger partial charge on any atom is -0.510 e. The summed E-state index contributed by atoms with van der Waals surface area (Å²) in [6.45, 7) is 4.63. The van der Waals surface area contributed by atoms with Crippen LogP contribution in [-0.2, 0) is 4.79 Å². The number of amides is 1. The van der Waals surface area contributed by atoms with Crippen LogP contribution in [0.3, 0.4) is 0 Å². The normalized spacial score (nSPS) is 12.0. The average molecular weight is 402 g/mol. The van der Waals surface area contributed by atoms with Crippen LogP contribution in [0.25, 0.3) is 0 Å². The zero-order chi connectivity index (χ0) is 20.8. The topological polar surface area (TPSA) is 141 Å². The number of ketones is 1. The summed E-state index contributed by atoms with van der Waals surface area (Å²) in [5.74, 6) is -2.49. The first-order chi connectivity index (χ1) is 13.2. The molecule has 0 radical (unpaired) electrons. The van der Waals surface area contributed by atoms with Crippen molar-refractivity contribution in [2.45, 2.75) is 27.2 Å². The van der Waals surface area contributed by atoms with Crippen LogP contribution in [0.4, 0.5) is 10.8 Å². The van der Waals surface area contributed by atoms with Crippen molar-refractivity contribution in [2.75, 3.05) is 5.32 Å². The highest BCUT2D eigenvalue weighted by atomic mass is 32.1. The van der Waals surface area contributed by atoms with Crippen molar-refractivity contribution in [1.29, 1.82) is 0 Å². The molecule has 0 saturated carbocycles. The number of aryl methyl sites for hydroxylation is 1. The van der Waals surface area contributed by atoms with Crippen molar-refractivity contribution in [3.8, 4) is 0 Å². The van der Waals surface area contributed by atoms with E-state index in [-0.39, 0.29) is 22.2 Å². The Labute approximate surface area is 164 Å². The van der Waals surface area contributed by atoms with Gasteiger partial charge >= 0.3 is 5.97 Å².